The van der Waals surface area contributed by atoms with E-state index in [1.165, 1.54) is 0 Å². The molecule has 0 spiro atoms. The maximum Gasteiger partial charge on any atom is 0.265 e. The molecule has 0 fully saturated rings. The lowest BCUT2D eigenvalue weighted by Gasteiger charge is -2.23. The third-order valence-electron chi connectivity index (χ3n) is 1.93. The molecule has 0 unspecified atom stereocenters. The number of nitrogen functional groups attached to an aromatic ring is 1. The minimum Gasteiger partial charge on any atom is -0.479 e. The zero-order chi connectivity index (χ0) is 9.42. The smallest absolute Gasteiger partial charge is 0.265 e. The van der Waals surface area contributed by atoms with Crippen molar-refractivity contribution in [3.05, 3.63) is 18.2 Å². The Kier molecular flexibility index (Phi) is 1.62. The summed E-state index contributed by atoms with van der Waals surface area (Å²) in [7, 11) is 0. The van der Waals surface area contributed by atoms with Gasteiger partial charge in [-0.2, -0.15) is 0 Å². The second-order valence-corrected chi connectivity index (χ2v) is 3.00. The van der Waals surface area contributed by atoms with E-state index in [0.29, 0.717) is 17.1 Å². The number of hydrogen-bond donors (Lipinski definition) is 2. The van der Waals surface area contributed by atoms with Gasteiger partial charge in [0.2, 0.25) is 0 Å². The largest absolute Gasteiger partial charge is 0.479 e. The van der Waals surface area contributed by atoms with E-state index in [9.17, 15) is 4.79 Å². The summed E-state index contributed by atoms with van der Waals surface area (Å²) >= 11 is 0. The monoisotopic (exact) mass is 178 g/mol. The van der Waals surface area contributed by atoms with Crippen LogP contribution >= 0.6 is 0 Å². The third-order valence-corrected chi connectivity index (χ3v) is 1.93. The molecule has 0 saturated carbocycles. The third kappa shape index (κ3) is 1.30. The van der Waals surface area contributed by atoms with E-state index < -0.39 is 6.10 Å². The quantitative estimate of drug-likeness (QED) is 0.582. The summed E-state index contributed by atoms with van der Waals surface area (Å²) in [6, 6.07) is 5.17. The lowest BCUT2D eigenvalue weighted by atomic mass is 10.2. The average molecular weight is 178 g/mol. The van der Waals surface area contributed by atoms with Gasteiger partial charge < -0.3 is 15.8 Å². The standard InChI is InChI=1S/C9H10N2O2/c1-5-9(12)11-7-4-6(10)2-3-8(7)13-5/h2-5H,10H2,1H3,(H,11,12)/t5-/m1/s1. The predicted molar refractivity (Wildman–Crippen MR) is 49.6 cm³/mol. The number of fused-ring (bicyclic) bond motifs is 1. The molecule has 4 nitrogen and oxygen atoms in total. The fraction of sp³-hybridized carbons (Fsp3) is 0.222. The molecule has 1 amide bonds. The molecule has 0 aliphatic carbocycles. The first-order chi connectivity index (χ1) is 6.16. The van der Waals surface area contributed by atoms with Crippen molar-refractivity contribution < 1.29 is 9.53 Å². The highest BCUT2D eigenvalue weighted by atomic mass is 16.5. The van der Waals surface area contributed by atoms with Gasteiger partial charge in [0.25, 0.3) is 5.91 Å². The number of carbonyl (C=O) groups excluding carboxylic acids is 1. The van der Waals surface area contributed by atoms with Crippen molar-refractivity contribution in [2.45, 2.75) is 13.0 Å². The van der Waals surface area contributed by atoms with Gasteiger partial charge in [0.15, 0.2) is 6.10 Å². The van der Waals surface area contributed by atoms with Crippen LogP contribution in [0.5, 0.6) is 5.75 Å². The normalized spacial score (nSPS) is 20.1. The van der Waals surface area contributed by atoms with Crippen LogP contribution in [0.4, 0.5) is 11.4 Å². The summed E-state index contributed by atoms with van der Waals surface area (Å²) < 4.78 is 5.33. The van der Waals surface area contributed by atoms with Gasteiger partial charge in [-0.1, -0.05) is 0 Å². The number of rotatable bonds is 0. The number of anilines is 2. The number of amides is 1. The Hall–Kier alpha value is -1.71. The fourth-order valence-corrected chi connectivity index (χ4v) is 1.23. The van der Waals surface area contributed by atoms with E-state index in [2.05, 4.69) is 5.32 Å². The first kappa shape index (κ1) is 7.91. The molecular formula is C9H10N2O2. The Morgan fingerprint density at radius 1 is 1.54 bits per heavy atom. The van der Waals surface area contributed by atoms with Crippen molar-refractivity contribution in [1.29, 1.82) is 0 Å². The Bertz CT molecular complexity index is 363. The molecule has 0 bridgehead atoms. The first-order valence-electron chi connectivity index (χ1n) is 4.04. The van der Waals surface area contributed by atoms with E-state index in [1.54, 1.807) is 25.1 Å². The van der Waals surface area contributed by atoms with Crippen LogP contribution in [-0.2, 0) is 4.79 Å². The van der Waals surface area contributed by atoms with Crippen molar-refractivity contribution >= 4 is 17.3 Å². The molecule has 0 saturated heterocycles. The highest BCUT2D eigenvalue weighted by Crippen LogP contribution is 2.30. The number of ether oxygens (including phenoxy) is 1. The van der Waals surface area contributed by atoms with Gasteiger partial charge in [-0.05, 0) is 25.1 Å². The SMILES string of the molecule is C[C@H]1Oc2ccc(N)cc2NC1=O. The maximum atomic E-state index is 11.2. The second-order valence-electron chi connectivity index (χ2n) is 3.00. The van der Waals surface area contributed by atoms with Crippen molar-refractivity contribution in [3.63, 3.8) is 0 Å². The van der Waals surface area contributed by atoms with E-state index >= 15 is 0 Å². The number of hydrogen-bond acceptors (Lipinski definition) is 3. The molecular weight excluding hydrogens is 168 g/mol. The minimum absolute atomic E-state index is 0.141. The molecule has 68 valence electrons. The molecule has 2 rings (SSSR count). The first-order valence-corrected chi connectivity index (χ1v) is 4.04. The topological polar surface area (TPSA) is 64.3 Å². The molecule has 0 aromatic heterocycles. The summed E-state index contributed by atoms with van der Waals surface area (Å²) in [6.07, 6.45) is -0.434. The summed E-state index contributed by atoms with van der Waals surface area (Å²) in [5, 5.41) is 2.71. The molecule has 1 aliphatic rings. The lowest BCUT2D eigenvalue weighted by Crippen LogP contribution is -2.34. The molecule has 1 aromatic rings. The lowest BCUT2D eigenvalue weighted by molar-refractivity contribution is -0.122. The Morgan fingerprint density at radius 3 is 3.08 bits per heavy atom. The van der Waals surface area contributed by atoms with Crippen LogP contribution in [0.15, 0.2) is 18.2 Å². The molecule has 1 atom stereocenters. The maximum absolute atomic E-state index is 11.2. The summed E-state index contributed by atoms with van der Waals surface area (Å²) in [4.78, 5) is 11.2. The van der Waals surface area contributed by atoms with Crippen molar-refractivity contribution in [2.24, 2.45) is 0 Å². The zero-order valence-electron chi connectivity index (χ0n) is 7.20. The summed E-state index contributed by atoms with van der Waals surface area (Å²) in [6.45, 7) is 1.70. The molecule has 1 heterocycles. The van der Waals surface area contributed by atoms with Crippen LogP contribution in [0.25, 0.3) is 0 Å². The molecule has 1 aromatic carbocycles. The molecule has 0 radical (unpaired) electrons. The Labute approximate surface area is 75.7 Å². The molecule has 4 heteroatoms. The van der Waals surface area contributed by atoms with Crippen LogP contribution < -0.4 is 15.8 Å². The van der Waals surface area contributed by atoms with Crippen LogP contribution in [0.3, 0.4) is 0 Å². The van der Waals surface area contributed by atoms with E-state index in [0.717, 1.165) is 0 Å². The Balaban J connectivity index is 2.42. The minimum atomic E-state index is -0.434. The second kappa shape index (κ2) is 2.65. The number of nitrogens with one attached hydrogen (secondary N) is 1. The molecule has 13 heavy (non-hydrogen) atoms. The van der Waals surface area contributed by atoms with E-state index in [-0.39, 0.29) is 5.91 Å². The van der Waals surface area contributed by atoms with Crippen molar-refractivity contribution in [1.82, 2.24) is 0 Å². The summed E-state index contributed by atoms with van der Waals surface area (Å²) in [5.74, 6) is 0.527. The average Bonchev–Trinajstić information content (AvgIpc) is 2.08. The highest BCUT2D eigenvalue weighted by Gasteiger charge is 2.22. The van der Waals surface area contributed by atoms with Crippen LogP contribution in [-0.4, -0.2) is 12.0 Å². The highest BCUT2D eigenvalue weighted by molar-refractivity contribution is 5.97. The molecule has 1 aliphatic heterocycles. The van der Waals surface area contributed by atoms with Gasteiger partial charge in [-0.15, -0.1) is 0 Å². The van der Waals surface area contributed by atoms with E-state index in [1.807, 2.05) is 0 Å². The van der Waals surface area contributed by atoms with Crippen LogP contribution in [0.2, 0.25) is 0 Å². The van der Waals surface area contributed by atoms with Gasteiger partial charge in [0.1, 0.15) is 5.75 Å². The zero-order valence-corrected chi connectivity index (χ0v) is 7.20. The van der Waals surface area contributed by atoms with Gasteiger partial charge in [-0.25, -0.2) is 0 Å². The van der Waals surface area contributed by atoms with Crippen molar-refractivity contribution in [2.75, 3.05) is 11.1 Å². The Morgan fingerprint density at radius 2 is 2.31 bits per heavy atom. The predicted octanol–water partition coefficient (Wildman–Crippen LogP) is 0.988. The van der Waals surface area contributed by atoms with Crippen molar-refractivity contribution in [3.8, 4) is 5.75 Å². The number of benzene rings is 1. The summed E-state index contributed by atoms with van der Waals surface area (Å²) in [5.41, 5.74) is 6.81. The number of nitrogens with two attached hydrogens (primary N) is 1. The number of carbonyl (C=O) groups is 1. The van der Waals surface area contributed by atoms with E-state index in [4.69, 9.17) is 10.5 Å². The van der Waals surface area contributed by atoms with Gasteiger partial charge in [-0.3, -0.25) is 4.79 Å². The van der Waals surface area contributed by atoms with Crippen LogP contribution in [0, 0.1) is 0 Å². The van der Waals surface area contributed by atoms with Gasteiger partial charge >= 0.3 is 0 Å². The van der Waals surface area contributed by atoms with Gasteiger partial charge in [0.05, 0.1) is 5.69 Å². The fourth-order valence-electron chi connectivity index (χ4n) is 1.23. The van der Waals surface area contributed by atoms with Gasteiger partial charge in [0, 0.05) is 5.69 Å². The van der Waals surface area contributed by atoms with Crippen LogP contribution in [0.1, 0.15) is 6.92 Å². The molecule has 3 N–H and O–H groups in total.